The number of hydrogen-bond acceptors (Lipinski definition) is 6. The van der Waals surface area contributed by atoms with Crippen molar-refractivity contribution >= 4 is 21.9 Å². The zero-order chi connectivity index (χ0) is 15.2. The molecule has 1 aromatic rings. The third kappa shape index (κ3) is 4.33. The summed E-state index contributed by atoms with van der Waals surface area (Å²) >= 11 is 3.46. The van der Waals surface area contributed by atoms with Gasteiger partial charge in [0.2, 0.25) is 0 Å². The molecule has 1 aromatic carbocycles. The van der Waals surface area contributed by atoms with Gasteiger partial charge in [-0.3, -0.25) is 0 Å². The lowest BCUT2D eigenvalue weighted by Gasteiger charge is -2.21. The predicted molar refractivity (Wildman–Crippen MR) is 79.5 cm³/mol. The fraction of sp³-hybridized carbons (Fsp3) is 0.500. The van der Waals surface area contributed by atoms with E-state index in [1.165, 1.54) is 0 Å². The van der Waals surface area contributed by atoms with E-state index >= 15 is 0 Å². The van der Waals surface area contributed by atoms with E-state index in [4.69, 9.17) is 24.7 Å². The molecule has 0 saturated carbocycles. The van der Waals surface area contributed by atoms with E-state index in [2.05, 4.69) is 15.9 Å². The summed E-state index contributed by atoms with van der Waals surface area (Å²) in [5.41, 5.74) is 6.92. The Kier molecular flexibility index (Phi) is 5.84. The Morgan fingerprint density at radius 1 is 1.38 bits per heavy atom. The minimum absolute atomic E-state index is 0.107. The van der Waals surface area contributed by atoms with Crippen molar-refractivity contribution in [2.75, 3.05) is 33.0 Å². The van der Waals surface area contributed by atoms with Crippen molar-refractivity contribution < 1.29 is 23.7 Å². The summed E-state index contributed by atoms with van der Waals surface area (Å²) in [7, 11) is 0. The number of benzene rings is 1. The lowest BCUT2D eigenvalue weighted by Crippen LogP contribution is -2.22. The monoisotopic (exact) mass is 359 g/mol. The second-order valence-electron chi connectivity index (χ2n) is 4.44. The Morgan fingerprint density at radius 2 is 2.05 bits per heavy atom. The van der Waals surface area contributed by atoms with E-state index in [0.29, 0.717) is 31.3 Å². The summed E-state index contributed by atoms with van der Waals surface area (Å²) in [4.78, 5) is 11.2. The van der Waals surface area contributed by atoms with Gasteiger partial charge in [0.25, 0.3) is 0 Å². The summed E-state index contributed by atoms with van der Waals surface area (Å²) in [6.45, 7) is 3.23. The van der Waals surface area contributed by atoms with E-state index in [-0.39, 0.29) is 19.3 Å². The van der Waals surface area contributed by atoms with E-state index in [9.17, 15) is 4.79 Å². The molecule has 0 aromatic heterocycles. The van der Waals surface area contributed by atoms with Gasteiger partial charge in [-0.2, -0.15) is 0 Å². The van der Waals surface area contributed by atoms with Crippen molar-refractivity contribution in [2.45, 2.75) is 13.0 Å². The van der Waals surface area contributed by atoms with Crippen molar-refractivity contribution in [1.29, 1.82) is 0 Å². The minimum Gasteiger partial charge on any atom is -0.486 e. The number of hydrogen-bond donors (Lipinski definition) is 1. The topological polar surface area (TPSA) is 80.0 Å². The van der Waals surface area contributed by atoms with Crippen LogP contribution in [0.25, 0.3) is 0 Å². The van der Waals surface area contributed by atoms with Crippen LogP contribution in [0.4, 0.5) is 0 Å². The first-order valence-electron chi connectivity index (χ1n) is 6.69. The lowest BCUT2D eigenvalue weighted by molar-refractivity contribution is -0.148. The third-order valence-corrected chi connectivity index (χ3v) is 3.57. The van der Waals surface area contributed by atoms with Crippen molar-refractivity contribution in [3.8, 4) is 11.5 Å². The van der Waals surface area contributed by atoms with Gasteiger partial charge >= 0.3 is 5.97 Å². The van der Waals surface area contributed by atoms with Crippen LogP contribution >= 0.6 is 15.9 Å². The largest absolute Gasteiger partial charge is 0.486 e. The molecule has 0 fully saturated rings. The molecule has 0 radical (unpaired) electrons. The van der Waals surface area contributed by atoms with Gasteiger partial charge in [0, 0.05) is 4.47 Å². The average molecular weight is 360 g/mol. The summed E-state index contributed by atoms with van der Waals surface area (Å²) in [6.07, 6.45) is 0. The smallest absolute Gasteiger partial charge is 0.332 e. The van der Waals surface area contributed by atoms with Gasteiger partial charge in [0.15, 0.2) is 11.5 Å². The van der Waals surface area contributed by atoms with Gasteiger partial charge in [0.05, 0.1) is 19.3 Å². The summed E-state index contributed by atoms with van der Waals surface area (Å²) in [6, 6.07) is 3.27. The molecule has 6 nitrogen and oxygen atoms in total. The average Bonchev–Trinajstić information content (AvgIpc) is 2.46. The van der Waals surface area contributed by atoms with Crippen molar-refractivity contribution in [2.24, 2.45) is 5.73 Å². The Labute approximate surface area is 131 Å². The molecule has 0 bridgehead atoms. The highest BCUT2D eigenvalue weighted by atomic mass is 79.9. The molecule has 0 amide bonds. The summed E-state index contributed by atoms with van der Waals surface area (Å²) in [5.74, 6) is 0.961. The first-order chi connectivity index (χ1) is 10.1. The molecule has 21 heavy (non-hydrogen) atoms. The van der Waals surface area contributed by atoms with E-state index in [1.54, 1.807) is 6.92 Å². The molecule has 2 N–H and O–H groups in total. The van der Waals surface area contributed by atoms with Crippen molar-refractivity contribution in [3.05, 3.63) is 22.2 Å². The van der Waals surface area contributed by atoms with Crippen LogP contribution < -0.4 is 15.2 Å². The number of carbonyl (C=O) groups excluding carboxylic acids is 1. The van der Waals surface area contributed by atoms with Crippen LogP contribution in [0.3, 0.4) is 0 Å². The molecular formula is C14H18BrNO5. The van der Waals surface area contributed by atoms with Gasteiger partial charge in [0.1, 0.15) is 19.8 Å². The maximum Gasteiger partial charge on any atom is 0.332 e. The SMILES string of the molecule is CCOC(=O)COCC(N)c1cc2c(cc1Br)OCCO2. The van der Waals surface area contributed by atoms with E-state index < -0.39 is 5.97 Å². The highest BCUT2D eigenvalue weighted by Crippen LogP contribution is 2.37. The summed E-state index contributed by atoms with van der Waals surface area (Å²) in [5, 5.41) is 0. The molecular weight excluding hydrogens is 342 g/mol. The van der Waals surface area contributed by atoms with Crippen LogP contribution in [0, 0.1) is 0 Å². The molecule has 7 heteroatoms. The minimum atomic E-state index is -0.397. The molecule has 1 unspecified atom stereocenters. The molecule has 1 heterocycles. The number of halogens is 1. The van der Waals surface area contributed by atoms with Gasteiger partial charge in [-0.05, 0) is 24.6 Å². The standard InChI is InChI=1S/C14H18BrNO5/c1-2-19-14(17)8-18-7-11(16)9-5-12-13(6-10(9)15)21-4-3-20-12/h5-6,11H,2-4,7-8,16H2,1H3. The molecule has 1 aliphatic heterocycles. The van der Waals surface area contributed by atoms with Crippen LogP contribution in [0.5, 0.6) is 11.5 Å². The van der Waals surface area contributed by atoms with Crippen molar-refractivity contribution in [3.63, 3.8) is 0 Å². The quantitative estimate of drug-likeness (QED) is 0.780. The Bertz CT molecular complexity index is 508. The fourth-order valence-electron chi connectivity index (χ4n) is 1.93. The van der Waals surface area contributed by atoms with E-state index in [1.807, 2.05) is 12.1 Å². The van der Waals surface area contributed by atoms with Crippen molar-refractivity contribution in [1.82, 2.24) is 0 Å². The van der Waals surface area contributed by atoms with E-state index in [0.717, 1.165) is 10.0 Å². The number of carbonyl (C=O) groups is 1. The Morgan fingerprint density at radius 3 is 2.71 bits per heavy atom. The molecule has 1 aliphatic rings. The zero-order valence-electron chi connectivity index (χ0n) is 11.8. The first kappa shape index (κ1) is 16.1. The van der Waals surface area contributed by atoms with Crippen LogP contribution in [0.2, 0.25) is 0 Å². The Hall–Kier alpha value is -1.31. The second-order valence-corrected chi connectivity index (χ2v) is 5.30. The molecule has 0 aliphatic carbocycles. The highest BCUT2D eigenvalue weighted by Gasteiger charge is 2.18. The maximum atomic E-state index is 11.2. The summed E-state index contributed by atoms with van der Waals surface area (Å²) < 4.78 is 21.9. The molecule has 116 valence electrons. The van der Waals surface area contributed by atoms with Gasteiger partial charge in [-0.25, -0.2) is 4.79 Å². The number of fused-ring (bicyclic) bond motifs is 1. The molecule has 0 saturated heterocycles. The number of rotatable bonds is 6. The van der Waals surface area contributed by atoms with Gasteiger partial charge < -0.3 is 24.7 Å². The molecule has 0 spiro atoms. The number of esters is 1. The molecule has 2 rings (SSSR count). The zero-order valence-corrected chi connectivity index (χ0v) is 13.4. The molecule has 1 atom stereocenters. The Balaban J connectivity index is 1.95. The van der Waals surface area contributed by atoms with Crippen LogP contribution in [0.1, 0.15) is 18.5 Å². The second kappa shape index (κ2) is 7.63. The van der Waals surface area contributed by atoms with Gasteiger partial charge in [-0.15, -0.1) is 0 Å². The third-order valence-electron chi connectivity index (χ3n) is 2.88. The highest BCUT2D eigenvalue weighted by molar-refractivity contribution is 9.10. The number of ether oxygens (including phenoxy) is 4. The van der Waals surface area contributed by atoms with Crippen LogP contribution in [0.15, 0.2) is 16.6 Å². The lowest BCUT2D eigenvalue weighted by atomic mass is 10.1. The van der Waals surface area contributed by atoms with Crippen LogP contribution in [-0.2, 0) is 14.3 Å². The normalized spacial score (nSPS) is 14.6. The number of nitrogens with two attached hydrogens (primary N) is 1. The predicted octanol–water partition coefficient (Wildman–Crippen LogP) is 1.80. The fourth-order valence-corrected chi connectivity index (χ4v) is 2.54. The maximum absolute atomic E-state index is 11.2. The van der Waals surface area contributed by atoms with Crippen LogP contribution in [-0.4, -0.2) is 39.0 Å². The van der Waals surface area contributed by atoms with Gasteiger partial charge in [-0.1, -0.05) is 15.9 Å². The first-order valence-corrected chi connectivity index (χ1v) is 7.49.